The topological polar surface area (TPSA) is 26.5 Å². The van der Waals surface area contributed by atoms with Crippen molar-refractivity contribution in [2.75, 3.05) is 0 Å². The van der Waals surface area contributed by atoms with E-state index in [2.05, 4.69) is 4.98 Å². The number of imidazole rings is 1. The Morgan fingerprint density at radius 2 is 2.22 bits per heavy atom. The summed E-state index contributed by atoms with van der Waals surface area (Å²) in [5.74, 6) is 0.327. The summed E-state index contributed by atoms with van der Waals surface area (Å²) < 4.78 is 20.8. The lowest BCUT2D eigenvalue weighted by Gasteiger charge is -2.04. The van der Waals surface area contributed by atoms with Crippen LogP contribution in [0, 0.1) is 5.82 Å². The Morgan fingerprint density at radius 1 is 1.39 bits per heavy atom. The molecule has 0 atom stereocenters. The molecule has 2 aromatic heterocycles. The van der Waals surface area contributed by atoms with E-state index in [-0.39, 0.29) is 11.6 Å². The average Bonchev–Trinajstić information content (AvgIpc) is 2.92. The first-order chi connectivity index (χ1) is 8.79. The van der Waals surface area contributed by atoms with Gasteiger partial charge in [0.2, 0.25) is 5.88 Å². The zero-order valence-electron chi connectivity index (χ0n) is 9.14. The maximum Gasteiger partial charge on any atom is 0.243 e. The lowest BCUT2D eigenvalue weighted by molar-refractivity contribution is 0.426. The standard InChI is InChI=1S/C12H8ClFN2OS/c13-7-9-11(15-12-16(9)5-6-18-12)17-10-4-2-1-3-8(10)14/h1-6H,7H2. The molecule has 0 aliphatic rings. The smallest absolute Gasteiger partial charge is 0.243 e. The van der Waals surface area contributed by atoms with Crippen LogP contribution >= 0.6 is 22.9 Å². The van der Waals surface area contributed by atoms with Crippen molar-refractivity contribution < 1.29 is 9.13 Å². The van der Waals surface area contributed by atoms with E-state index in [0.717, 1.165) is 10.7 Å². The Morgan fingerprint density at radius 3 is 3.00 bits per heavy atom. The summed E-state index contributed by atoms with van der Waals surface area (Å²) in [6.07, 6.45) is 1.86. The number of ether oxygens (including phenoxy) is 1. The fraction of sp³-hybridized carbons (Fsp3) is 0.0833. The van der Waals surface area contributed by atoms with E-state index in [4.69, 9.17) is 16.3 Å². The van der Waals surface area contributed by atoms with E-state index < -0.39 is 5.82 Å². The highest BCUT2D eigenvalue weighted by atomic mass is 35.5. The Balaban J connectivity index is 2.04. The van der Waals surface area contributed by atoms with Crippen LogP contribution in [0.1, 0.15) is 5.69 Å². The SMILES string of the molecule is Fc1ccccc1Oc1nc2sccn2c1CCl. The number of halogens is 2. The van der Waals surface area contributed by atoms with Gasteiger partial charge in [0.1, 0.15) is 5.69 Å². The van der Waals surface area contributed by atoms with Crippen LogP contribution in [0.5, 0.6) is 11.6 Å². The van der Waals surface area contributed by atoms with Crippen molar-refractivity contribution in [3.63, 3.8) is 0 Å². The Hall–Kier alpha value is -1.59. The largest absolute Gasteiger partial charge is 0.434 e. The second-order valence-corrected chi connectivity index (χ2v) is 4.73. The van der Waals surface area contributed by atoms with Crippen molar-refractivity contribution in [2.24, 2.45) is 0 Å². The molecule has 0 unspecified atom stereocenters. The van der Waals surface area contributed by atoms with Gasteiger partial charge in [-0.3, -0.25) is 4.40 Å². The number of hydrogen-bond donors (Lipinski definition) is 0. The predicted octanol–water partition coefficient (Wildman–Crippen LogP) is 4.07. The fourth-order valence-corrected chi connectivity index (χ4v) is 2.62. The van der Waals surface area contributed by atoms with Gasteiger partial charge in [0.15, 0.2) is 16.5 Å². The van der Waals surface area contributed by atoms with Crippen molar-refractivity contribution in [2.45, 2.75) is 5.88 Å². The average molecular weight is 283 g/mol. The molecular formula is C12H8ClFN2OS. The van der Waals surface area contributed by atoms with Crippen LogP contribution in [0.3, 0.4) is 0 Å². The second kappa shape index (κ2) is 4.59. The molecule has 0 bridgehead atoms. The quantitative estimate of drug-likeness (QED) is 0.677. The molecule has 92 valence electrons. The molecule has 0 amide bonds. The van der Waals surface area contributed by atoms with E-state index in [9.17, 15) is 4.39 Å². The van der Waals surface area contributed by atoms with Crippen LogP contribution in [-0.4, -0.2) is 9.38 Å². The summed E-state index contributed by atoms with van der Waals surface area (Å²) >= 11 is 7.36. The molecule has 3 nitrogen and oxygen atoms in total. The molecule has 0 fully saturated rings. The zero-order valence-corrected chi connectivity index (χ0v) is 10.7. The van der Waals surface area contributed by atoms with E-state index in [1.54, 1.807) is 18.2 Å². The van der Waals surface area contributed by atoms with Crippen molar-refractivity contribution >= 4 is 27.9 Å². The molecule has 0 radical (unpaired) electrons. The summed E-state index contributed by atoms with van der Waals surface area (Å²) in [6.45, 7) is 0. The van der Waals surface area contributed by atoms with Gasteiger partial charge in [0, 0.05) is 11.6 Å². The lowest BCUT2D eigenvalue weighted by atomic mass is 10.3. The number of rotatable bonds is 3. The summed E-state index contributed by atoms with van der Waals surface area (Å²) in [4.78, 5) is 5.06. The summed E-state index contributed by atoms with van der Waals surface area (Å²) in [5.41, 5.74) is 0.719. The van der Waals surface area contributed by atoms with Crippen molar-refractivity contribution in [3.8, 4) is 11.6 Å². The highest BCUT2D eigenvalue weighted by molar-refractivity contribution is 7.15. The molecule has 2 heterocycles. The number of benzene rings is 1. The molecule has 3 aromatic rings. The molecule has 0 aliphatic carbocycles. The summed E-state index contributed by atoms with van der Waals surface area (Å²) in [6, 6.07) is 6.21. The third-order valence-electron chi connectivity index (χ3n) is 2.49. The van der Waals surface area contributed by atoms with Gasteiger partial charge in [0.05, 0.1) is 5.88 Å². The van der Waals surface area contributed by atoms with Crippen molar-refractivity contribution in [1.29, 1.82) is 0 Å². The first-order valence-corrected chi connectivity index (χ1v) is 6.64. The Labute approximate surface area is 111 Å². The van der Waals surface area contributed by atoms with Gasteiger partial charge in [0.25, 0.3) is 0 Å². The third kappa shape index (κ3) is 1.85. The number of para-hydroxylation sites is 1. The lowest BCUT2D eigenvalue weighted by Crippen LogP contribution is -1.92. The minimum atomic E-state index is -0.422. The van der Waals surface area contributed by atoms with Gasteiger partial charge in [-0.25, -0.2) is 4.39 Å². The Bertz CT molecular complexity index is 694. The van der Waals surface area contributed by atoms with E-state index in [1.807, 2.05) is 16.0 Å². The highest BCUT2D eigenvalue weighted by Gasteiger charge is 2.15. The van der Waals surface area contributed by atoms with Gasteiger partial charge < -0.3 is 4.74 Å². The van der Waals surface area contributed by atoms with Crippen molar-refractivity contribution in [1.82, 2.24) is 9.38 Å². The molecule has 0 aliphatic heterocycles. The van der Waals surface area contributed by atoms with Crippen LogP contribution in [0.4, 0.5) is 4.39 Å². The molecule has 0 saturated carbocycles. The first kappa shape index (κ1) is 11.5. The van der Waals surface area contributed by atoms with E-state index >= 15 is 0 Å². The number of fused-ring (bicyclic) bond motifs is 1. The molecule has 6 heteroatoms. The van der Waals surface area contributed by atoms with Gasteiger partial charge >= 0.3 is 0 Å². The molecular weight excluding hydrogens is 275 g/mol. The number of aromatic nitrogens is 2. The molecule has 3 rings (SSSR count). The third-order valence-corrected chi connectivity index (χ3v) is 3.50. The highest BCUT2D eigenvalue weighted by Crippen LogP contribution is 2.30. The zero-order chi connectivity index (χ0) is 12.5. The molecule has 0 saturated heterocycles. The van der Waals surface area contributed by atoms with Crippen molar-refractivity contribution in [3.05, 3.63) is 47.4 Å². The minimum absolute atomic E-state index is 0.148. The van der Waals surface area contributed by atoms with Gasteiger partial charge in [-0.05, 0) is 12.1 Å². The monoisotopic (exact) mass is 282 g/mol. The van der Waals surface area contributed by atoms with Gasteiger partial charge in [-0.1, -0.05) is 12.1 Å². The molecule has 18 heavy (non-hydrogen) atoms. The Kier molecular flexibility index (Phi) is 2.93. The molecule has 1 aromatic carbocycles. The van der Waals surface area contributed by atoms with Crippen LogP contribution in [0.15, 0.2) is 35.8 Å². The fourth-order valence-electron chi connectivity index (χ4n) is 1.65. The number of nitrogens with zero attached hydrogens (tertiary/aromatic N) is 2. The maximum absolute atomic E-state index is 13.5. The predicted molar refractivity (Wildman–Crippen MR) is 69.1 cm³/mol. The van der Waals surface area contributed by atoms with E-state index in [0.29, 0.717) is 5.88 Å². The number of thiazole rings is 1. The van der Waals surface area contributed by atoms with Crippen LogP contribution in [0.2, 0.25) is 0 Å². The maximum atomic E-state index is 13.5. The molecule has 0 N–H and O–H groups in total. The van der Waals surface area contributed by atoms with Gasteiger partial charge in [-0.15, -0.1) is 22.9 Å². The van der Waals surface area contributed by atoms with E-state index in [1.165, 1.54) is 17.4 Å². The van der Waals surface area contributed by atoms with Crippen LogP contribution in [0.25, 0.3) is 4.96 Å². The normalized spacial score (nSPS) is 11.0. The summed E-state index contributed by atoms with van der Waals surface area (Å²) in [5, 5.41) is 1.91. The number of alkyl halides is 1. The minimum Gasteiger partial charge on any atom is -0.434 e. The number of hydrogen-bond acceptors (Lipinski definition) is 3. The van der Waals surface area contributed by atoms with Crippen LogP contribution < -0.4 is 4.74 Å². The molecule has 0 spiro atoms. The van der Waals surface area contributed by atoms with Crippen LogP contribution in [-0.2, 0) is 5.88 Å². The second-order valence-electron chi connectivity index (χ2n) is 3.59. The van der Waals surface area contributed by atoms with Gasteiger partial charge in [-0.2, -0.15) is 4.98 Å². The first-order valence-electron chi connectivity index (χ1n) is 5.22. The summed E-state index contributed by atoms with van der Waals surface area (Å²) in [7, 11) is 0.